The van der Waals surface area contributed by atoms with E-state index in [1.165, 1.54) is 38.5 Å². The maximum Gasteiger partial charge on any atom is 0.0194 e. The van der Waals surface area contributed by atoms with Crippen molar-refractivity contribution in [2.75, 3.05) is 26.2 Å². The van der Waals surface area contributed by atoms with E-state index in [-0.39, 0.29) is 0 Å². The minimum absolute atomic E-state index is 0.429. The van der Waals surface area contributed by atoms with Crippen LogP contribution in [0.25, 0.3) is 0 Å². The van der Waals surface area contributed by atoms with Gasteiger partial charge >= 0.3 is 0 Å². The molecule has 2 fully saturated rings. The third kappa shape index (κ3) is 4.19. The van der Waals surface area contributed by atoms with Crippen LogP contribution in [0.2, 0.25) is 0 Å². The molecule has 0 aromatic carbocycles. The van der Waals surface area contributed by atoms with Crippen LogP contribution >= 0.6 is 0 Å². The molecule has 4 nitrogen and oxygen atoms in total. The van der Waals surface area contributed by atoms with Crippen molar-refractivity contribution in [3.05, 3.63) is 0 Å². The van der Waals surface area contributed by atoms with E-state index in [0.717, 1.165) is 39.0 Å². The highest BCUT2D eigenvalue weighted by Crippen LogP contribution is 2.40. The van der Waals surface area contributed by atoms with Crippen molar-refractivity contribution in [1.29, 1.82) is 0 Å². The Morgan fingerprint density at radius 1 is 0.722 bits per heavy atom. The summed E-state index contributed by atoms with van der Waals surface area (Å²) in [5.41, 5.74) is 12.1. The fourth-order valence-corrected chi connectivity index (χ4v) is 2.84. The molecule has 4 heteroatoms. The van der Waals surface area contributed by atoms with E-state index in [9.17, 15) is 0 Å². The summed E-state index contributed by atoms with van der Waals surface area (Å²) in [5.74, 6) is 0. The molecule has 0 aliphatic heterocycles. The van der Waals surface area contributed by atoms with Gasteiger partial charge < -0.3 is 22.1 Å². The molecule has 2 rings (SSSR count). The highest BCUT2D eigenvalue weighted by molar-refractivity contribution is 5.03. The van der Waals surface area contributed by atoms with Crippen LogP contribution in [0.1, 0.15) is 51.4 Å². The standard InChI is InChI=1S/C14H30N4/c15-9-2-12-18-13(4-5-13)3-1-11-17-14(6-7-14)8-10-16/h17-18H,1-12,15-16H2. The van der Waals surface area contributed by atoms with Gasteiger partial charge in [-0.05, 0) is 77.5 Å². The fourth-order valence-electron chi connectivity index (χ4n) is 2.84. The zero-order valence-electron chi connectivity index (χ0n) is 11.6. The second-order valence-electron chi connectivity index (χ2n) is 6.20. The topological polar surface area (TPSA) is 76.1 Å². The number of nitrogens with two attached hydrogens (primary N) is 2. The lowest BCUT2D eigenvalue weighted by molar-refractivity contribution is 0.413. The normalized spacial score (nSPS) is 23.0. The summed E-state index contributed by atoms with van der Waals surface area (Å²) >= 11 is 0. The molecule has 0 atom stereocenters. The average molecular weight is 254 g/mol. The van der Waals surface area contributed by atoms with Gasteiger partial charge in [-0.2, -0.15) is 0 Å². The Bertz CT molecular complexity index is 246. The van der Waals surface area contributed by atoms with Crippen LogP contribution in [-0.2, 0) is 0 Å². The Kier molecular flexibility index (Phi) is 5.01. The van der Waals surface area contributed by atoms with Crippen LogP contribution in [0.4, 0.5) is 0 Å². The first kappa shape index (κ1) is 14.3. The van der Waals surface area contributed by atoms with Gasteiger partial charge in [0.2, 0.25) is 0 Å². The van der Waals surface area contributed by atoms with E-state index in [2.05, 4.69) is 10.6 Å². The summed E-state index contributed by atoms with van der Waals surface area (Å²) in [5, 5.41) is 7.39. The molecular formula is C14H30N4. The summed E-state index contributed by atoms with van der Waals surface area (Å²) in [4.78, 5) is 0. The largest absolute Gasteiger partial charge is 0.330 e. The second-order valence-corrected chi connectivity index (χ2v) is 6.20. The van der Waals surface area contributed by atoms with Gasteiger partial charge in [0.1, 0.15) is 0 Å². The molecule has 0 unspecified atom stereocenters. The number of nitrogens with one attached hydrogen (secondary N) is 2. The molecule has 0 heterocycles. The molecular weight excluding hydrogens is 224 g/mol. The van der Waals surface area contributed by atoms with Gasteiger partial charge in [0.15, 0.2) is 0 Å². The maximum atomic E-state index is 5.65. The molecule has 0 spiro atoms. The SMILES string of the molecule is NCCCNC1(CCCNC2(CCN)CC2)CC1. The van der Waals surface area contributed by atoms with E-state index in [1.807, 2.05) is 0 Å². The van der Waals surface area contributed by atoms with Crippen LogP contribution in [-0.4, -0.2) is 37.3 Å². The van der Waals surface area contributed by atoms with Crippen LogP contribution in [0, 0.1) is 0 Å². The van der Waals surface area contributed by atoms with Gasteiger partial charge in [-0.3, -0.25) is 0 Å². The summed E-state index contributed by atoms with van der Waals surface area (Å²) in [6.45, 7) is 3.85. The fraction of sp³-hybridized carbons (Fsp3) is 1.00. The van der Waals surface area contributed by atoms with E-state index in [4.69, 9.17) is 11.5 Å². The number of hydrogen-bond donors (Lipinski definition) is 4. The van der Waals surface area contributed by atoms with Crippen LogP contribution in [0.15, 0.2) is 0 Å². The van der Waals surface area contributed by atoms with E-state index < -0.39 is 0 Å². The zero-order chi connectivity index (χ0) is 12.9. The van der Waals surface area contributed by atoms with E-state index >= 15 is 0 Å². The van der Waals surface area contributed by atoms with Crippen molar-refractivity contribution >= 4 is 0 Å². The molecule has 0 bridgehead atoms. The highest BCUT2D eigenvalue weighted by Gasteiger charge is 2.42. The molecule has 0 amide bonds. The summed E-state index contributed by atoms with van der Waals surface area (Å²) < 4.78 is 0. The average Bonchev–Trinajstić information content (AvgIpc) is 3.25. The molecule has 0 radical (unpaired) electrons. The summed E-state index contributed by atoms with van der Waals surface area (Å²) in [6.07, 6.45) is 10.2. The van der Waals surface area contributed by atoms with Gasteiger partial charge in [0.25, 0.3) is 0 Å². The third-order valence-electron chi connectivity index (χ3n) is 4.54. The van der Waals surface area contributed by atoms with Gasteiger partial charge in [0, 0.05) is 11.1 Å². The minimum Gasteiger partial charge on any atom is -0.330 e. The van der Waals surface area contributed by atoms with Crippen molar-refractivity contribution < 1.29 is 0 Å². The Labute approximate surface area is 111 Å². The number of hydrogen-bond acceptors (Lipinski definition) is 4. The number of rotatable bonds is 11. The molecule has 0 saturated heterocycles. The predicted octanol–water partition coefficient (Wildman–Crippen LogP) is 0.709. The Morgan fingerprint density at radius 3 is 1.78 bits per heavy atom. The van der Waals surface area contributed by atoms with Crippen LogP contribution < -0.4 is 22.1 Å². The molecule has 2 saturated carbocycles. The van der Waals surface area contributed by atoms with Gasteiger partial charge in [-0.25, -0.2) is 0 Å². The first-order valence-corrected chi connectivity index (χ1v) is 7.64. The Balaban J connectivity index is 1.53. The van der Waals surface area contributed by atoms with Gasteiger partial charge in [-0.1, -0.05) is 0 Å². The predicted molar refractivity (Wildman–Crippen MR) is 76.5 cm³/mol. The minimum atomic E-state index is 0.429. The van der Waals surface area contributed by atoms with Crippen molar-refractivity contribution in [2.45, 2.75) is 62.4 Å². The smallest absolute Gasteiger partial charge is 0.0194 e. The molecule has 0 aromatic rings. The lowest BCUT2D eigenvalue weighted by Gasteiger charge is -2.20. The quantitative estimate of drug-likeness (QED) is 0.410. The van der Waals surface area contributed by atoms with Gasteiger partial charge in [-0.15, -0.1) is 0 Å². The summed E-state index contributed by atoms with van der Waals surface area (Å²) in [7, 11) is 0. The van der Waals surface area contributed by atoms with Crippen molar-refractivity contribution in [1.82, 2.24) is 10.6 Å². The third-order valence-corrected chi connectivity index (χ3v) is 4.54. The lowest BCUT2D eigenvalue weighted by Crippen LogP contribution is -2.36. The lowest BCUT2D eigenvalue weighted by atomic mass is 10.1. The molecule has 0 aromatic heterocycles. The monoisotopic (exact) mass is 254 g/mol. The van der Waals surface area contributed by atoms with Crippen LogP contribution in [0.3, 0.4) is 0 Å². The van der Waals surface area contributed by atoms with Crippen molar-refractivity contribution in [3.8, 4) is 0 Å². The van der Waals surface area contributed by atoms with Crippen LogP contribution in [0.5, 0.6) is 0 Å². The van der Waals surface area contributed by atoms with E-state index in [0.29, 0.717) is 11.1 Å². The van der Waals surface area contributed by atoms with Crippen molar-refractivity contribution in [3.63, 3.8) is 0 Å². The first-order valence-electron chi connectivity index (χ1n) is 7.64. The maximum absolute atomic E-state index is 5.65. The summed E-state index contributed by atoms with van der Waals surface area (Å²) in [6, 6.07) is 0. The van der Waals surface area contributed by atoms with Crippen molar-refractivity contribution in [2.24, 2.45) is 11.5 Å². The van der Waals surface area contributed by atoms with Gasteiger partial charge in [0.05, 0.1) is 0 Å². The highest BCUT2D eigenvalue weighted by atomic mass is 15.0. The Morgan fingerprint density at radius 2 is 1.28 bits per heavy atom. The second kappa shape index (κ2) is 6.33. The molecule has 6 N–H and O–H groups in total. The molecule has 2 aliphatic carbocycles. The van der Waals surface area contributed by atoms with E-state index in [1.54, 1.807) is 0 Å². The first-order chi connectivity index (χ1) is 8.74. The molecule has 2 aliphatic rings. The zero-order valence-corrected chi connectivity index (χ0v) is 11.6. The molecule has 18 heavy (non-hydrogen) atoms. The Hall–Kier alpha value is -0.160. The molecule has 106 valence electrons.